The standard InChI is InChI=1S/C8H9N5/c1-5-3-2-4-6(10-5)7-11-8(9)13-12-7/h2-4H,1H3,(H3,9,11,12,13). The Kier molecular flexibility index (Phi) is 1.70. The van der Waals surface area contributed by atoms with Crippen LogP contribution in [0.25, 0.3) is 11.5 Å². The molecule has 5 heteroatoms. The fraction of sp³-hybridized carbons (Fsp3) is 0.125. The van der Waals surface area contributed by atoms with Gasteiger partial charge in [0.2, 0.25) is 5.95 Å². The molecule has 0 bridgehead atoms. The molecule has 0 aliphatic heterocycles. The van der Waals surface area contributed by atoms with Crippen molar-refractivity contribution in [3.63, 3.8) is 0 Å². The highest BCUT2D eigenvalue weighted by atomic mass is 15.3. The molecule has 0 fully saturated rings. The first-order chi connectivity index (χ1) is 6.25. The summed E-state index contributed by atoms with van der Waals surface area (Å²) >= 11 is 0. The molecule has 2 aromatic heterocycles. The van der Waals surface area contributed by atoms with Crippen LogP contribution in [0.4, 0.5) is 5.95 Å². The molecule has 2 rings (SSSR count). The Hall–Kier alpha value is -1.91. The van der Waals surface area contributed by atoms with E-state index in [4.69, 9.17) is 5.73 Å². The van der Waals surface area contributed by atoms with Gasteiger partial charge in [-0.1, -0.05) is 6.07 Å². The number of aromatic nitrogens is 4. The van der Waals surface area contributed by atoms with Crippen LogP contribution in [-0.4, -0.2) is 20.2 Å². The maximum atomic E-state index is 5.37. The van der Waals surface area contributed by atoms with Gasteiger partial charge in [0.1, 0.15) is 5.69 Å². The van der Waals surface area contributed by atoms with E-state index in [2.05, 4.69) is 20.2 Å². The van der Waals surface area contributed by atoms with Gasteiger partial charge in [0.25, 0.3) is 0 Å². The number of nitrogen functional groups attached to an aromatic ring is 1. The summed E-state index contributed by atoms with van der Waals surface area (Å²) in [4.78, 5) is 8.24. The third-order valence-corrected chi connectivity index (χ3v) is 1.63. The molecular formula is C8H9N5. The van der Waals surface area contributed by atoms with Crippen molar-refractivity contribution in [2.75, 3.05) is 5.73 Å². The number of nitrogens with two attached hydrogens (primary N) is 1. The lowest BCUT2D eigenvalue weighted by Gasteiger charge is -1.95. The molecule has 0 spiro atoms. The fourth-order valence-electron chi connectivity index (χ4n) is 1.06. The van der Waals surface area contributed by atoms with Crippen molar-refractivity contribution in [2.24, 2.45) is 0 Å². The zero-order valence-electron chi connectivity index (χ0n) is 7.15. The zero-order chi connectivity index (χ0) is 9.26. The SMILES string of the molecule is Cc1cccc(-c2nc(N)n[nH]2)n1. The van der Waals surface area contributed by atoms with Gasteiger partial charge < -0.3 is 5.73 Å². The first-order valence-electron chi connectivity index (χ1n) is 3.87. The second-order valence-corrected chi connectivity index (χ2v) is 2.71. The Labute approximate surface area is 75.0 Å². The number of H-pyrrole nitrogens is 1. The molecule has 3 N–H and O–H groups in total. The van der Waals surface area contributed by atoms with E-state index in [0.29, 0.717) is 5.82 Å². The summed E-state index contributed by atoms with van der Waals surface area (Å²) in [5.41, 5.74) is 7.06. The molecule has 13 heavy (non-hydrogen) atoms. The second-order valence-electron chi connectivity index (χ2n) is 2.71. The largest absolute Gasteiger partial charge is 0.366 e. The quantitative estimate of drug-likeness (QED) is 0.670. The number of aryl methyl sites for hydroxylation is 1. The average Bonchev–Trinajstić information content (AvgIpc) is 2.52. The lowest BCUT2D eigenvalue weighted by atomic mass is 10.3. The van der Waals surface area contributed by atoms with Gasteiger partial charge in [0, 0.05) is 5.69 Å². The molecule has 2 aromatic rings. The molecule has 2 heterocycles. The maximum Gasteiger partial charge on any atom is 0.239 e. The first-order valence-corrected chi connectivity index (χ1v) is 3.87. The highest BCUT2D eigenvalue weighted by Crippen LogP contribution is 2.11. The van der Waals surface area contributed by atoms with Crippen molar-refractivity contribution in [2.45, 2.75) is 6.92 Å². The predicted molar refractivity (Wildman–Crippen MR) is 48.8 cm³/mol. The summed E-state index contributed by atoms with van der Waals surface area (Å²) < 4.78 is 0. The summed E-state index contributed by atoms with van der Waals surface area (Å²) in [6.45, 7) is 1.92. The van der Waals surface area contributed by atoms with Gasteiger partial charge in [-0.05, 0) is 19.1 Å². The van der Waals surface area contributed by atoms with Gasteiger partial charge in [-0.15, -0.1) is 5.10 Å². The fourth-order valence-corrected chi connectivity index (χ4v) is 1.06. The van der Waals surface area contributed by atoms with Crippen LogP contribution in [0.15, 0.2) is 18.2 Å². The summed E-state index contributed by atoms with van der Waals surface area (Å²) in [6.07, 6.45) is 0. The second kappa shape index (κ2) is 2.85. The number of anilines is 1. The molecule has 0 amide bonds. The van der Waals surface area contributed by atoms with Gasteiger partial charge >= 0.3 is 0 Å². The van der Waals surface area contributed by atoms with E-state index in [1.807, 2.05) is 25.1 Å². The minimum Gasteiger partial charge on any atom is -0.366 e. The van der Waals surface area contributed by atoms with E-state index in [-0.39, 0.29) is 5.95 Å². The Morgan fingerprint density at radius 3 is 2.77 bits per heavy atom. The topological polar surface area (TPSA) is 80.5 Å². The molecular weight excluding hydrogens is 166 g/mol. The van der Waals surface area contributed by atoms with Crippen molar-refractivity contribution >= 4 is 5.95 Å². The van der Waals surface area contributed by atoms with E-state index in [1.165, 1.54) is 0 Å². The van der Waals surface area contributed by atoms with Crippen LogP contribution in [0.3, 0.4) is 0 Å². The van der Waals surface area contributed by atoms with E-state index in [0.717, 1.165) is 11.4 Å². The van der Waals surface area contributed by atoms with E-state index < -0.39 is 0 Å². The van der Waals surface area contributed by atoms with Gasteiger partial charge in [-0.3, -0.25) is 5.10 Å². The molecule has 5 nitrogen and oxygen atoms in total. The zero-order valence-corrected chi connectivity index (χ0v) is 7.15. The van der Waals surface area contributed by atoms with Crippen molar-refractivity contribution in [3.8, 4) is 11.5 Å². The number of aromatic amines is 1. The molecule has 0 atom stereocenters. The molecule has 0 radical (unpaired) electrons. The monoisotopic (exact) mass is 175 g/mol. The smallest absolute Gasteiger partial charge is 0.239 e. The lowest BCUT2D eigenvalue weighted by Crippen LogP contribution is -1.88. The van der Waals surface area contributed by atoms with Crippen molar-refractivity contribution in [1.29, 1.82) is 0 Å². The normalized spacial score (nSPS) is 10.2. The van der Waals surface area contributed by atoms with E-state index in [9.17, 15) is 0 Å². The van der Waals surface area contributed by atoms with Crippen LogP contribution in [0.2, 0.25) is 0 Å². The summed E-state index contributed by atoms with van der Waals surface area (Å²) in [7, 11) is 0. The van der Waals surface area contributed by atoms with Crippen LogP contribution >= 0.6 is 0 Å². The highest BCUT2D eigenvalue weighted by Gasteiger charge is 2.03. The van der Waals surface area contributed by atoms with Gasteiger partial charge in [0.05, 0.1) is 0 Å². The number of nitrogens with zero attached hydrogens (tertiary/aromatic N) is 3. The van der Waals surface area contributed by atoms with Crippen molar-refractivity contribution < 1.29 is 0 Å². The van der Waals surface area contributed by atoms with Crippen LogP contribution in [0.1, 0.15) is 5.69 Å². The number of pyridine rings is 1. The van der Waals surface area contributed by atoms with Gasteiger partial charge in [-0.2, -0.15) is 4.98 Å². The third-order valence-electron chi connectivity index (χ3n) is 1.63. The van der Waals surface area contributed by atoms with E-state index in [1.54, 1.807) is 0 Å². The maximum absolute atomic E-state index is 5.37. The number of hydrogen-bond donors (Lipinski definition) is 2. The summed E-state index contributed by atoms with van der Waals surface area (Å²) in [6, 6.07) is 5.69. The third kappa shape index (κ3) is 1.48. The van der Waals surface area contributed by atoms with Crippen molar-refractivity contribution in [1.82, 2.24) is 20.2 Å². The Morgan fingerprint density at radius 2 is 2.15 bits per heavy atom. The van der Waals surface area contributed by atoms with Crippen LogP contribution in [0.5, 0.6) is 0 Å². The highest BCUT2D eigenvalue weighted by molar-refractivity contribution is 5.50. The van der Waals surface area contributed by atoms with Gasteiger partial charge in [-0.25, -0.2) is 4.98 Å². The molecule has 0 saturated carbocycles. The van der Waals surface area contributed by atoms with Crippen molar-refractivity contribution in [3.05, 3.63) is 23.9 Å². The molecule has 0 aliphatic rings. The lowest BCUT2D eigenvalue weighted by molar-refractivity contribution is 1.08. The Balaban J connectivity index is 2.46. The van der Waals surface area contributed by atoms with Crippen LogP contribution in [0, 0.1) is 6.92 Å². The molecule has 0 saturated heterocycles. The number of hydrogen-bond acceptors (Lipinski definition) is 4. The minimum atomic E-state index is 0.235. The number of nitrogens with one attached hydrogen (secondary N) is 1. The first kappa shape index (κ1) is 7.72. The van der Waals surface area contributed by atoms with E-state index >= 15 is 0 Å². The molecule has 0 unspecified atom stereocenters. The van der Waals surface area contributed by atoms with Gasteiger partial charge in [0.15, 0.2) is 5.82 Å². The van der Waals surface area contributed by atoms with Crippen LogP contribution < -0.4 is 5.73 Å². The predicted octanol–water partition coefficient (Wildman–Crippen LogP) is 0.757. The molecule has 0 aliphatic carbocycles. The number of rotatable bonds is 1. The Morgan fingerprint density at radius 1 is 1.31 bits per heavy atom. The van der Waals surface area contributed by atoms with Crippen LogP contribution in [-0.2, 0) is 0 Å². The summed E-state index contributed by atoms with van der Waals surface area (Å²) in [5.74, 6) is 0.833. The molecule has 66 valence electrons. The molecule has 0 aromatic carbocycles. The Bertz CT molecular complexity index is 420. The minimum absolute atomic E-state index is 0.235. The average molecular weight is 175 g/mol. The summed E-state index contributed by atoms with van der Waals surface area (Å²) in [5, 5.41) is 6.42.